The molecule has 27 heavy (non-hydrogen) atoms. The van der Waals surface area contributed by atoms with Crippen molar-refractivity contribution in [1.29, 1.82) is 0 Å². The third kappa shape index (κ3) is 3.86. The van der Waals surface area contributed by atoms with Crippen LogP contribution in [-0.4, -0.2) is 65.5 Å². The molecule has 6 nitrogen and oxygen atoms in total. The predicted molar refractivity (Wildman–Crippen MR) is 101 cm³/mol. The number of piperidine rings is 1. The highest BCUT2D eigenvalue weighted by molar-refractivity contribution is 5.81. The van der Waals surface area contributed by atoms with Crippen molar-refractivity contribution < 1.29 is 14.3 Å². The molecule has 0 radical (unpaired) electrons. The number of nitrogens with zero attached hydrogens (tertiary/aromatic N) is 3. The van der Waals surface area contributed by atoms with E-state index in [0.717, 1.165) is 55.8 Å². The average molecular weight is 371 g/mol. The maximum absolute atomic E-state index is 12.7. The molecule has 6 heteroatoms. The summed E-state index contributed by atoms with van der Waals surface area (Å²) in [6.07, 6.45) is 3.04. The number of ether oxygens (including phenoxy) is 1. The number of fused-ring (bicyclic) bond motifs is 1. The maximum Gasteiger partial charge on any atom is 0.227 e. The number of rotatable bonds is 3. The Morgan fingerprint density at radius 3 is 2.48 bits per heavy atom. The van der Waals surface area contributed by atoms with Crippen LogP contribution in [0.25, 0.3) is 0 Å². The minimum Gasteiger partial charge on any atom is -0.381 e. The van der Waals surface area contributed by atoms with Crippen LogP contribution in [0.3, 0.4) is 0 Å². The van der Waals surface area contributed by atoms with Crippen LogP contribution >= 0.6 is 0 Å². The Morgan fingerprint density at radius 1 is 1.11 bits per heavy atom. The molecule has 146 valence electrons. The fourth-order valence-corrected chi connectivity index (χ4v) is 4.85. The number of aryl methyl sites for hydroxylation is 2. The van der Waals surface area contributed by atoms with Crippen LogP contribution in [0, 0.1) is 25.7 Å². The average Bonchev–Trinajstić information content (AvgIpc) is 2.62. The largest absolute Gasteiger partial charge is 0.381 e. The standard InChI is InChI=1S/C21H29N3O3/c1-14-9-16(10-15(2)22-14)11-20(25)24-13-18-12-23(6-3-19(18)24)21(26)17-4-7-27-8-5-17/h9-10,17-19H,3-8,11-13H2,1-2H3/t18-,19-/m0/s1. The number of carbonyl (C=O) groups is 2. The van der Waals surface area contributed by atoms with Gasteiger partial charge >= 0.3 is 0 Å². The lowest BCUT2D eigenvalue weighted by molar-refractivity contribution is -0.154. The van der Waals surface area contributed by atoms with Crippen molar-refractivity contribution in [2.24, 2.45) is 11.8 Å². The summed E-state index contributed by atoms with van der Waals surface area (Å²) in [6.45, 7) is 7.69. The zero-order valence-electron chi connectivity index (χ0n) is 16.3. The van der Waals surface area contributed by atoms with E-state index in [-0.39, 0.29) is 11.8 Å². The Bertz CT molecular complexity index is 709. The molecule has 0 aromatic carbocycles. The lowest BCUT2D eigenvalue weighted by Crippen LogP contribution is -2.66. The Labute approximate surface area is 160 Å². The van der Waals surface area contributed by atoms with Crippen LogP contribution in [0.15, 0.2) is 12.1 Å². The van der Waals surface area contributed by atoms with Crippen molar-refractivity contribution in [2.75, 3.05) is 32.8 Å². The zero-order valence-corrected chi connectivity index (χ0v) is 16.3. The molecular weight excluding hydrogens is 342 g/mol. The number of hydrogen-bond acceptors (Lipinski definition) is 4. The van der Waals surface area contributed by atoms with E-state index in [1.54, 1.807) is 0 Å². The number of carbonyl (C=O) groups excluding carboxylic acids is 2. The van der Waals surface area contributed by atoms with Gasteiger partial charge in [-0.3, -0.25) is 14.6 Å². The monoisotopic (exact) mass is 371 g/mol. The van der Waals surface area contributed by atoms with Gasteiger partial charge in [-0.05, 0) is 50.8 Å². The first kappa shape index (κ1) is 18.4. The molecule has 1 aromatic heterocycles. The van der Waals surface area contributed by atoms with Crippen molar-refractivity contribution in [1.82, 2.24) is 14.8 Å². The van der Waals surface area contributed by atoms with Crippen LogP contribution in [-0.2, 0) is 20.7 Å². The van der Waals surface area contributed by atoms with Crippen LogP contribution in [0.2, 0.25) is 0 Å². The van der Waals surface area contributed by atoms with Gasteiger partial charge in [-0.1, -0.05) is 0 Å². The summed E-state index contributed by atoms with van der Waals surface area (Å²) < 4.78 is 5.37. The Hall–Kier alpha value is -1.95. The molecule has 3 saturated heterocycles. The van der Waals surface area contributed by atoms with E-state index < -0.39 is 0 Å². The highest BCUT2D eigenvalue weighted by Gasteiger charge is 2.46. The van der Waals surface area contributed by atoms with Gasteiger partial charge < -0.3 is 14.5 Å². The van der Waals surface area contributed by atoms with Crippen LogP contribution < -0.4 is 0 Å². The Kier molecular flexibility index (Phi) is 5.17. The first-order valence-electron chi connectivity index (χ1n) is 10.1. The zero-order chi connectivity index (χ0) is 19.0. The quantitative estimate of drug-likeness (QED) is 0.812. The molecule has 1 aromatic rings. The van der Waals surface area contributed by atoms with Crippen molar-refractivity contribution in [3.05, 3.63) is 29.1 Å². The molecule has 3 fully saturated rings. The first-order chi connectivity index (χ1) is 13.0. The fraction of sp³-hybridized carbons (Fsp3) is 0.667. The van der Waals surface area contributed by atoms with E-state index in [0.29, 0.717) is 37.5 Å². The van der Waals surface area contributed by atoms with Crippen molar-refractivity contribution in [2.45, 2.75) is 45.6 Å². The molecule has 0 aliphatic carbocycles. The minimum absolute atomic E-state index is 0.131. The van der Waals surface area contributed by atoms with E-state index in [4.69, 9.17) is 4.74 Å². The van der Waals surface area contributed by atoms with Gasteiger partial charge in [0, 0.05) is 62.1 Å². The second kappa shape index (κ2) is 7.58. The van der Waals surface area contributed by atoms with Gasteiger partial charge in [0.2, 0.25) is 11.8 Å². The summed E-state index contributed by atoms with van der Waals surface area (Å²) in [5, 5.41) is 0. The molecule has 3 aliphatic heterocycles. The number of amides is 2. The van der Waals surface area contributed by atoms with E-state index in [1.165, 1.54) is 0 Å². The van der Waals surface area contributed by atoms with Crippen LogP contribution in [0.1, 0.15) is 36.2 Å². The SMILES string of the molecule is Cc1cc(CC(=O)N2C[C@@H]3CN(C(=O)C4CCOCC4)CC[C@@H]32)cc(C)n1. The highest BCUT2D eigenvalue weighted by Crippen LogP contribution is 2.34. The minimum atomic E-state index is 0.131. The number of aromatic nitrogens is 1. The summed E-state index contributed by atoms with van der Waals surface area (Å²) in [5.41, 5.74) is 2.96. The van der Waals surface area contributed by atoms with E-state index in [2.05, 4.69) is 4.98 Å². The summed E-state index contributed by atoms with van der Waals surface area (Å²) in [7, 11) is 0. The molecule has 0 bridgehead atoms. The molecular formula is C21H29N3O3. The topological polar surface area (TPSA) is 62.7 Å². The van der Waals surface area contributed by atoms with Gasteiger partial charge in [0.15, 0.2) is 0 Å². The molecule has 0 saturated carbocycles. The summed E-state index contributed by atoms with van der Waals surface area (Å²) in [4.78, 5) is 33.9. The summed E-state index contributed by atoms with van der Waals surface area (Å²) >= 11 is 0. The van der Waals surface area contributed by atoms with Gasteiger partial charge in [-0.15, -0.1) is 0 Å². The number of pyridine rings is 1. The van der Waals surface area contributed by atoms with Gasteiger partial charge in [0.05, 0.1) is 6.42 Å². The molecule has 0 unspecified atom stereocenters. The fourth-order valence-electron chi connectivity index (χ4n) is 4.85. The lowest BCUT2D eigenvalue weighted by Gasteiger charge is -2.53. The molecule has 4 rings (SSSR count). The van der Waals surface area contributed by atoms with Crippen LogP contribution in [0.4, 0.5) is 0 Å². The van der Waals surface area contributed by atoms with Crippen LogP contribution in [0.5, 0.6) is 0 Å². The molecule has 4 heterocycles. The molecule has 3 aliphatic rings. The number of hydrogen-bond donors (Lipinski definition) is 0. The third-order valence-corrected chi connectivity index (χ3v) is 6.22. The summed E-state index contributed by atoms with van der Waals surface area (Å²) in [5.74, 6) is 1.06. The molecule has 0 spiro atoms. The Morgan fingerprint density at radius 2 is 1.81 bits per heavy atom. The smallest absolute Gasteiger partial charge is 0.227 e. The van der Waals surface area contributed by atoms with Crippen molar-refractivity contribution in [3.63, 3.8) is 0 Å². The predicted octanol–water partition coefficient (Wildman–Crippen LogP) is 1.73. The van der Waals surface area contributed by atoms with Gasteiger partial charge in [0.25, 0.3) is 0 Å². The van der Waals surface area contributed by atoms with Gasteiger partial charge in [0.1, 0.15) is 0 Å². The highest BCUT2D eigenvalue weighted by atomic mass is 16.5. The molecule has 0 N–H and O–H groups in total. The van der Waals surface area contributed by atoms with Crippen molar-refractivity contribution in [3.8, 4) is 0 Å². The lowest BCUT2D eigenvalue weighted by atomic mass is 9.81. The van der Waals surface area contributed by atoms with Crippen molar-refractivity contribution >= 4 is 11.8 Å². The third-order valence-electron chi connectivity index (χ3n) is 6.22. The van der Waals surface area contributed by atoms with Gasteiger partial charge in [-0.25, -0.2) is 0 Å². The first-order valence-corrected chi connectivity index (χ1v) is 10.1. The second-order valence-electron chi connectivity index (χ2n) is 8.27. The molecule has 2 atom stereocenters. The maximum atomic E-state index is 12.7. The van der Waals surface area contributed by atoms with E-state index in [9.17, 15) is 9.59 Å². The second-order valence-corrected chi connectivity index (χ2v) is 8.27. The summed E-state index contributed by atoms with van der Waals surface area (Å²) in [6, 6.07) is 4.30. The molecule has 2 amide bonds. The van der Waals surface area contributed by atoms with E-state index in [1.807, 2.05) is 35.8 Å². The Balaban J connectivity index is 1.31. The normalized spacial score (nSPS) is 25.7. The number of likely N-dealkylation sites (tertiary alicyclic amines) is 2. The van der Waals surface area contributed by atoms with E-state index >= 15 is 0 Å². The van der Waals surface area contributed by atoms with Gasteiger partial charge in [-0.2, -0.15) is 0 Å².